The molecule has 0 radical (unpaired) electrons. The third-order valence-electron chi connectivity index (χ3n) is 19.0. The van der Waals surface area contributed by atoms with Gasteiger partial charge in [0.05, 0.1) is 0 Å². The lowest BCUT2D eigenvalue weighted by Crippen LogP contribution is -1.92. The molecule has 0 fully saturated rings. The van der Waals surface area contributed by atoms with Crippen molar-refractivity contribution < 1.29 is 17.7 Å². The molecular formula is C84H46O4. The van der Waals surface area contributed by atoms with Gasteiger partial charge in [-0.3, -0.25) is 0 Å². The summed E-state index contributed by atoms with van der Waals surface area (Å²) in [6.07, 6.45) is 0. The van der Waals surface area contributed by atoms with E-state index in [-0.39, 0.29) is 0 Å². The third-order valence-corrected chi connectivity index (χ3v) is 19.0. The van der Waals surface area contributed by atoms with Crippen LogP contribution in [0.1, 0.15) is 0 Å². The Kier molecular flexibility index (Phi) is 9.69. The molecule has 4 heteroatoms. The summed E-state index contributed by atoms with van der Waals surface area (Å²) >= 11 is 0. The molecule has 0 aliphatic rings. The molecule has 0 aliphatic heterocycles. The van der Waals surface area contributed by atoms with Crippen molar-refractivity contribution in [2.75, 3.05) is 0 Å². The molecule has 0 aliphatic carbocycles. The van der Waals surface area contributed by atoms with Crippen molar-refractivity contribution in [3.8, 4) is 55.6 Å². The lowest BCUT2D eigenvalue weighted by molar-refractivity contribution is 0.656. The number of furan rings is 4. The molecule has 0 saturated carbocycles. The lowest BCUT2D eigenvalue weighted by atomic mass is 9.84. The van der Waals surface area contributed by atoms with Gasteiger partial charge in [-0.2, -0.15) is 0 Å². The van der Waals surface area contributed by atoms with Gasteiger partial charge in [0.15, 0.2) is 0 Å². The zero-order valence-electron chi connectivity index (χ0n) is 47.2. The van der Waals surface area contributed by atoms with Crippen molar-refractivity contribution in [3.63, 3.8) is 0 Å². The van der Waals surface area contributed by atoms with E-state index in [1.807, 2.05) is 12.1 Å². The summed E-state index contributed by atoms with van der Waals surface area (Å²) in [5.74, 6) is 0. The Morgan fingerprint density at radius 2 is 0.591 bits per heavy atom. The van der Waals surface area contributed by atoms with Gasteiger partial charge in [0.2, 0.25) is 0 Å². The fraction of sp³-hybridized carbons (Fsp3) is 0. The maximum absolute atomic E-state index is 7.10. The summed E-state index contributed by atoms with van der Waals surface area (Å²) in [5, 5.41) is 22.8. The van der Waals surface area contributed by atoms with Crippen molar-refractivity contribution in [2.24, 2.45) is 0 Å². The minimum atomic E-state index is 0.808. The summed E-state index contributed by atoms with van der Waals surface area (Å²) in [4.78, 5) is 0. The van der Waals surface area contributed by atoms with Crippen molar-refractivity contribution in [2.45, 2.75) is 0 Å². The van der Waals surface area contributed by atoms with Crippen LogP contribution in [-0.4, -0.2) is 0 Å². The van der Waals surface area contributed by atoms with Crippen molar-refractivity contribution in [1.82, 2.24) is 0 Å². The van der Waals surface area contributed by atoms with Crippen LogP contribution in [0.2, 0.25) is 0 Å². The van der Waals surface area contributed by atoms with Gasteiger partial charge in [0, 0.05) is 71.4 Å². The predicted octanol–water partition coefficient (Wildman–Crippen LogP) is 24.5. The van der Waals surface area contributed by atoms with Crippen LogP contribution in [0.15, 0.2) is 297 Å². The SMILES string of the molecule is c1ccc2cc(-c3c4ccccc4c(-c4cccc5c4oc4ccc6oc7cc(-c8cccc9c(-c%10c%11ccccc%11c(-c%11cccc%12c%11oc%11cc%13oc%14ccccc%14c%13cc%11%12)c%11ccccc%10%11)cccc89)ccc7c6c45)c4ccccc34)ccc2c1. The average molecular weight is 1120 g/mol. The number of rotatable bonds is 5. The average Bonchev–Trinajstić information content (AvgIpc) is 1.33. The Hall–Kier alpha value is -11.7. The fourth-order valence-electron chi connectivity index (χ4n) is 15.3. The molecule has 0 saturated heterocycles. The van der Waals surface area contributed by atoms with E-state index >= 15 is 0 Å². The lowest BCUT2D eigenvalue weighted by Gasteiger charge is -2.19. The summed E-state index contributed by atoms with van der Waals surface area (Å²) in [6.45, 7) is 0. The number of para-hydroxylation sites is 3. The van der Waals surface area contributed by atoms with Crippen LogP contribution >= 0.6 is 0 Å². The maximum Gasteiger partial charge on any atom is 0.143 e. The van der Waals surface area contributed by atoms with E-state index < -0.39 is 0 Å². The van der Waals surface area contributed by atoms with Crippen molar-refractivity contribution in [1.29, 1.82) is 0 Å². The first kappa shape index (κ1) is 47.6. The largest absolute Gasteiger partial charge is 0.456 e. The molecule has 0 spiro atoms. The Balaban J connectivity index is 0.728. The van der Waals surface area contributed by atoms with Gasteiger partial charge in [-0.05, 0) is 140 Å². The molecule has 4 heterocycles. The molecule has 16 aromatic carbocycles. The van der Waals surface area contributed by atoms with E-state index in [4.69, 9.17) is 17.7 Å². The zero-order valence-corrected chi connectivity index (χ0v) is 47.2. The summed E-state index contributed by atoms with van der Waals surface area (Å²) in [7, 11) is 0. The highest BCUT2D eigenvalue weighted by Crippen LogP contribution is 2.52. The summed E-state index contributed by atoms with van der Waals surface area (Å²) in [6, 6.07) is 101. The van der Waals surface area contributed by atoms with Gasteiger partial charge < -0.3 is 17.7 Å². The molecule has 20 rings (SSSR count). The Morgan fingerprint density at radius 1 is 0.170 bits per heavy atom. The van der Waals surface area contributed by atoms with E-state index in [2.05, 4.69) is 267 Å². The third kappa shape index (κ3) is 6.63. The van der Waals surface area contributed by atoms with Crippen LogP contribution in [-0.2, 0) is 0 Å². The highest BCUT2D eigenvalue weighted by Gasteiger charge is 2.26. The fourth-order valence-corrected chi connectivity index (χ4v) is 15.3. The second-order valence-electron chi connectivity index (χ2n) is 23.6. The second kappa shape index (κ2) is 17.9. The molecular weight excluding hydrogens is 1070 g/mol. The molecule has 20 aromatic rings. The van der Waals surface area contributed by atoms with E-state index in [0.29, 0.717) is 0 Å². The molecule has 406 valence electrons. The molecule has 88 heavy (non-hydrogen) atoms. The van der Waals surface area contributed by atoms with E-state index in [9.17, 15) is 0 Å². The summed E-state index contributed by atoms with van der Waals surface area (Å²) < 4.78 is 27.3. The Bertz CT molecular complexity index is 6330. The van der Waals surface area contributed by atoms with Gasteiger partial charge in [-0.25, -0.2) is 0 Å². The van der Waals surface area contributed by atoms with E-state index in [1.165, 1.54) is 76.1 Å². The topological polar surface area (TPSA) is 52.6 Å². The standard InChI is InChI=1S/C84H46O4/c1-2-18-48-43-50(38-37-47(48)17-1)77-56-20-3-5-22-58(56)79(59-23-6-4-21-57(59)77)67-34-16-35-68-82-73(87-84(67)68)42-41-72-81(82)65-40-39-49(44-74(65)86-72)51-28-13-30-53-52(51)29-14-31-55(53)78-60-24-7-9-26-62(60)80(63-27-10-8-25-61(63)78)66-33-15-32-64-70-45-69-54-19-11-12-36-71(54)85-75(69)46-76(70)88-83(64)66/h1-46H. The number of benzene rings is 16. The number of hydrogen-bond acceptors (Lipinski definition) is 4. The van der Waals surface area contributed by atoms with Crippen molar-refractivity contribution in [3.05, 3.63) is 279 Å². The quantitative estimate of drug-likeness (QED) is 0.161. The smallest absolute Gasteiger partial charge is 0.143 e. The first-order valence-corrected chi connectivity index (χ1v) is 30.1. The van der Waals surface area contributed by atoms with Gasteiger partial charge in [-0.15, -0.1) is 0 Å². The second-order valence-corrected chi connectivity index (χ2v) is 23.6. The predicted molar refractivity (Wildman–Crippen MR) is 368 cm³/mol. The Labute approximate surface area is 501 Å². The highest BCUT2D eigenvalue weighted by atomic mass is 16.3. The maximum atomic E-state index is 7.10. The van der Waals surface area contributed by atoms with Gasteiger partial charge in [0.1, 0.15) is 44.7 Å². The molecule has 0 bridgehead atoms. The number of hydrogen-bond donors (Lipinski definition) is 0. The molecule has 0 N–H and O–H groups in total. The minimum absolute atomic E-state index is 0.808. The van der Waals surface area contributed by atoms with E-state index in [1.54, 1.807) is 0 Å². The monoisotopic (exact) mass is 1120 g/mol. The van der Waals surface area contributed by atoms with E-state index in [0.717, 1.165) is 132 Å². The van der Waals surface area contributed by atoms with Crippen LogP contribution in [0, 0.1) is 0 Å². The van der Waals surface area contributed by atoms with Crippen LogP contribution in [0.5, 0.6) is 0 Å². The van der Waals surface area contributed by atoms with Crippen LogP contribution < -0.4 is 0 Å². The zero-order chi connectivity index (χ0) is 57.3. The minimum Gasteiger partial charge on any atom is -0.456 e. The van der Waals surface area contributed by atoms with Gasteiger partial charge in [0.25, 0.3) is 0 Å². The van der Waals surface area contributed by atoms with Crippen LogP contribution in [0.4, 0.5) is 0 Å². The summed E-state index contributed by atoms with van der Waals surface area (Å²) in [5.41, 5.74) is 18.2. The Morgan fingerprint density at radius 3 is 1.25 bits per heavy atom. The highest BCUT2D eigenvalue weighted by molar-refractivity contribution is 6.31. The van der Waals surface area contributed by atoms with Crippen molar-refractivity contribution >= 4 is 152 Å². The van der Waals surface area contributed by atoms with Gasteiger partial charge in [-0.1, -0.05) is 231 Å². The van der Waals surface area contributed by atoms with Crippen LogP contribution in [0.3, 0.4) is 0 Å². The molecule has 0 unspecified atom stereocenters. The first-order valence-electron chi connectivity index (χ1n) is 30.1. The number of fused-ring (bicyclic) bond motifs is 19. The van der Waals surface area contributed by atoms with Gasteiger partial charge >= 0.3 is 0 Å². The van der Waals surface area contributed by atoms with Crippen LogP contribution in [0.25, 0.3) is 208 Å². The first-order chi connectivity index (χ1) is 43.6. The normalized spacial score (nSPS) is 12.3. The molecule has 0 atom stereocenters. The molecule has 0 amide bonds. The molecule has 4 aromatic heterocycles. The molecule has 4 nitrogen and oxygen atoms in total.